The normalized spacial score (nSPS) is 32.2. The van der Waals surface area contributed by atoms with Crippen molar-refractivity contribution in [2.45, 2.75) is 65.4 Å². The summed E-state index contributed by atoms with van der Waals surface area (Å²) in [6, 6.07) is 1.95. The highest BCUT2D eigenvalue weighted by molar-refractivity contribution is 7.81. The number of rotatable bonds is 7. The van der Waals surface area contributed by atoms with E-state index in [1.54, 1.807) is 12.5 Å². The summed E-state index contributed by atoms with van der Waals surface area (Å²) >= 11 is 0. The number of carbonyl (C=O) groups excluding carboxylic acids is 1. The van der Waals surface area contributed by atoms with E-state index in [0.717, 1.165) is 43.2 Å². The largest absolute Gasteiger partial charge is 0.472 e. The summed E-state index contributed by atoms with van der Waals surface area (Å²) < 4.78 is 49.4. The van der Waals surface area contributed by atoms with E-state index in [1.165, 1.54) is 12.5 Å². The molecule has 0 saturated heterocycles. The highest BCUT2D eigenvalue weighted by Crippen LogP contribution is 2.59. The number of furan rings is 1. The van der Waals surface area contributed by atoms with E-state index in [0.29, 0.717) is 0 Å². The van der Waals surface area contributed by atoms with Gasteiger partial charge in [0, 0.05) is 11.8 Å². The Kier molecular flexibility index (Phi) is 6.35. The number of aryl methyl sites for hydroxylation is 1. The molecule has 33 heavy (non-hydrogen) atoms. The van der Waals surface area contributed by atoms with Gasteiger partial charge in [0.25, 0.3) is 0 Å². The predicted octanol–water partition coefficient (Wildman–Crippen LogP) is 5.18. The number of carbonyl (C=O) groups is 1. The first kappa shape index (κ1) is 23.8. The van der Waals surface area contributed by atoms with Crippen LogP contribution in [-0.4, -0.2) is 24.5 Å². The zero-order valence-corrected chi connectivity index (χ0v) is 20.4. The van der Waals surface area contributed by atoms with E-state index in [-0.39, 0.29) is 29.1 Å². The maximum atomic E-state index is 12.8. The summed E-state index contributed by atoms with van der Waals surface area (Å²) in [6.07, 6.45) is 12.1. The van der Waals surface area contributed by atoms with Crippen molar-refractivity contribution in [1.29, 1.82) is 0 Å². The smallest absolute Gasteiger partial charge is 0.446 e. The van der Waals surface area contributed by atoms with Crippen LogP contribution < -0.4 is 0 Å². The van der Waals surface area contributed by atoms with Crippen molar-refractivity contribution in [3.05, 3.63) is 58.8 Å². The fraction of sp³-hybridized carbons (Fsp3) is 0.560. The number of ether oxygens (including phenoxy) is 1. The number of esters is 1. The molecule has 0 amide bonds. The molecule has 1 spiro atoms. The zero-order chi connectivity index (χ0) is 24.0. The topological polar surface area (TPSA) is 103 Å². The van der Waals surface area contributed by atoms with E-state index in [4.69, 9.17) is 13.3 Å². The summed E-state index contributed by atoms with van der Waals surface area (Å²) in [4.78, 5) is 12.8. The lowest BCUT2D eigenvalue weighted by molar-refractivity contribution is -0.160. The molecular weight excluding hydrogens is 444 g/mol. The monoisotopic (exact) mass is 476 g/mol. The van der Waals surface area contributed by atoms with Crippen molar-refractivity contribution < 1.29 is 31.1 Å². The second-order valence-electron chi connectivity index (χ2n) is 9.77. The first-order chi connectivity index (χ1) is 15.5. The Morgan fingerprint density at radius 3 is 2.76 bits per heavy atom. The van der Waals surface area contributed by atoms with Gasteiger partial charge < -0.3 is 13.3 Å². The fourth-order valence-corrected chi connectivity index (χ4v) is 6.55. The average molecular weight is 477 g/mol. The van der Waals surface area contributed by atoms with Gasteiger partial charge in [0.05, 0.1) is 18.1 Å². The molecule has 8 heteroatoms. The van der Waals surface area contributed by atoms with Crippen LogP contribution in [0.2, 0.25) is 0 Å². The van der Waals surface area contributed by atoms with Crippen LogP contribution >= 0.6 is 0 Å². The molecular formula is C25H32O7S. The molecule has 2 aliphatic carbocycles. The molecule has 3 aliphatic rings. The average Bonchev–Trinajstić information content (AvgIpc) is 3.42. The molecule has 0 bridgehead atoms. The Bertz CT molecular complexity index is 1110. The molecule has 180 valence electrons. The van der Waals surface area contributed by atoms with Crippen LogP contribution in [0.3, 0.4) is 0 Å². The molecule has 1 aromatic rings. The Labute approximate surface area is 195 Å². The quantitative estimate of drug-likeness (QED) is 0.329. The molecule has 1 N–H and O–H groups in total. The Morgan fingerprint density at radius 2 is 2.09 bits per heavy atom. The van der Waals surface area contributed by atoms with Gasteiger partial charge in [-0.1, -0.05) is 30.2 Å². The van der Waals surface area contributed by atoms with Gasteiger partial charge in [-0.15, -0.1) is 0 Å². The maximum Gasteiger partial charge on any atom is 0.446 e. The molecule has 4 rings (SSSR count). The van der Waals surface area contributed by atoms with Crippen LogP contribution in [0.1, 0.15) is 58.9 Å². The third kappa shape index (κ3) is 4.43. The van der Waals surface area contributed by atoms with Gasteiger partial charge in [-0.05, 0) is 76.3 Å². The van der Waals surface area contributed by atoms with Gasteiger partial charge in [0.2, 0.25) is 0 Å². The molecule has 2 heterocycles. The summed E-state index contributed by atoms with van der Waals surface area (Å²) in [5.41, 5.74) is 2.27. The van der Waals surface area contributed by atoms with Crippen LogP contribution in [0, 0.1) is 23.7 Å². The van der Waals surface area contributed by atoms with Crippen molar-refractivity contribution in [2.75, 3.05) is 0 Å². The van der Waals surface area contributed by atoms with Crippen LogP contribution in [0.25, 0.3) is 0 Å². The summed E-state index contributed by atoms with van der Waals surface area (Å²) in [5.74, 6) is -0.864. The molecule has 0 aromatic carbocycles. The molecule has 1 saturated carbocycles. The summed E-state index contributed by atoms with van der Waals surface area (Å²) in [7, 11) is -4.83. The van der Waals surface area contributed by atoms with Gasteiger partial charge in [0.15, 0.2) is 11.4 Å². The number of allylic oxidation sites excluding steroid dienone is 2. The molecule has 5 unspecified atom stereocenters. The maximum absolute atomic E-state index is 12.8. The SMILES string of the molecule is CC(=CC1C=C(C)C2CCC(C)C2C12OC(=O)C(C)=C2OS(=O)(=O)O)CCCc1ccoc1. The van der Waals surface area contributed by atoms with E-state index < -0.39 is 27.9 Å². The third-order valence-corrected chi connectivity index (χ3v) is 7.91. The molecule has 1 fully saturated rings. The van der Waals surface area contributed by atoms with Crippen molar-refractivity contribution >= 4 is 16.4 Å². The van der Waals surface area contributed by atoms with Crippen LogP contribution in [0.15, 0.2) is 57.6 Å². The lowest BCUT2D eigenvalue weighted by atomic mass is 9.62. The number of hydrogen-bond donors (Lipinski definition) is 1. The second kappa shape index (κ2) is 8.80. The van der Waals surface area contributed by atoms with Crippen LogP contribution in [0.5, 0.6) is 0 Å². The van der Waals surface area contributed by atoms with E-state index in [2.05, 4.69) is 26.0 Å². The van der Waals surface area contributed by atoms with Crippen molar-refractivity contribution in [3.63, 3.8) is 0 Å². The van der Waals surface area contributed by atoms with Crippen LogP contribution in [0.4, 0.5) is 0 Å². The summed E-state index contributed by atoms with van der Waals surface area (Å²) in [6.45, 7) is 7.73. The Hall–Kier alpha value is -2.32. The summed E-state index contributed by atoms with van der Waals surface area (Å²) in [5, 5.41) is 0. The first-order valence-corrected chi connectivity index (χ1v) is 12.9. The Balaban J connectivity index is 1.73. The lowest BCUT2D eigenvalue weighted by Crippen LogP contribution is -2.53. The van der Waals surface area contributed by atoms with E-state index in [1.807, 2.05) is 13.0 Å². The van der Waals surface area contributed by atoms with Gasteiger partial charge >= 0.3 is 16.4 Å². The van der Waals surface area contributed by atoms with Gasteiger partial charge in [0.1, 0.15) is 0 Å². The first-order valence-electron chi connectivity index (χ1n) is 11.5. The van der Waals surface area contributed by atoms with Gasteiger partial charge in [-0.3, -0.25) is 4.55 Å². The van der Waals surface area contributed by atoms with Crippen molar-refractivity contribution in [1.82, 2.24) is 0 Å². The molecule has 0 radical (unpaired) electrons. The Morgan fingerprint density at radius 1 is 1.33 bits per heavy atom. The molecule has 7 nitrogen and oxygen atoms in total. The van der Waals surface area contributed by atoms with Crippen molar-refractivity contribution in [2.24, 2.45) is 23.7 Å². The van der Waals surface area contributed by atoms with Crippen LogP contribution in [-0.2, 0) is 30.5 Å². The number of fused-ring (bicyclic) bond motifs is 2. The predicted molar refractivity (Wildman–Crippen MR) is 122 cm³/mol. The second-order valence-corrected chi connectivity index (χ2v) is 10.8. The van der Waals surface area contributed by atoms with Gasteiger partial charge in [-0.2, -0.15) is 8.42 Å². The van der Waals surface area contributed by atoms with Crippen molar-refractivity contribution in [3.8, 4) is 0 Å². The fourth-order valence-electron chi connectivity index (χ4n) is 6.09. The molecule has 5 atom stereocenters. The molecule has 1 aliphatic heterocycles. The number of hydrogen-bond acceptors (Lipinski definition) is 6. The van der Waals surface area contributed by atoms with E-state index >= 15 is 0 Å². The lowest BCUT2D eigenvalue weighted by Gasteiger charge is -2.47. The molecule has 1 aromatic heterocycles. The third-order valence-electron chi connectivity index (χ3n) is 7.53. The van der Waals surface area contributed by atoms with Gasteiger partial charge in [-0.25, -0.2) is 4.79 Å². The highest BCUT2D eigenvalue weighted by Gasteiger charge is 2.64. The standard InChI is InChI=1S/C25H32O7S/c1-15(6-5-7-19-10-11-30-14-19)12-20-13-17(3)21-9-8-16(2)22(21)25(20)23(32-33(27,28)29)18(4)24(26)31-25/h10-14,16,20-22H,5-9H2,1-4H3,(H,27,28,29). The minimum absolute atomic E-state index is 0.0741. The minimum Gasteiger partial charge on any atom is -0.472 e. The highest BCUT2D eigenvalue weighted by atomic mass is 32.3. The minimum atomic E-state index is -4.83. The van der Waals surface area contributed by atoms with E-state index in [9.17, 15) is 17.8 Å². The zero-order valence-electron chi connectivity index (χ0n) is 19.5.